The summed E-state index contributed by atoms with van der Waals surface area (Å²) < 4.78 is 26.7. The minimum absolute atomic E-state index is 0.296. The normalized spacial score (nSPS) is 16.1. The fraction of sp³-hybridized carbons (Fsp3) is 0.263. The standard InChI is InChI=1S/C19H17F2NS/c1-2-10-22-18-9-8-16-15(18)4-3-5-19(16)23-12-13-6-7-14(20)11-17(13)21/h1,3-7,11,18,22H,8-10,12H2. The highest BCUT2D eigenvalue weighted by atomic mass is 32.2. The Bertz CT molecular complexity index is 752. The molecule has 1 aliphatic rings. The van der Waals surface area contributed by atoms with Gasteiger partial charge in [0.1, 0.15) is 11.6 Å². The van der Waals surface area contributed by atoms with Crippen LogP contribution in [-0.2, 0) is 12.2 Å². The van der Waals surface area contributed by atoms with Gasteiger partial charge in [-0.05, 0) is 41.7 Å². The number of thioether (sulfide) groups is 1. The summed E-state index contributed by atoms with van der Waals surface area (Å²) in [5.74, 6) is 2.07. The van der Waals surface area contributed by atoms with E-state index in [2.05, 4.69) is 23.4 Å². The van der Waals surface area contributed by atoms with Gasteiger partial charge in [-0.2, -0.15) is 0 Å². The van der Waals surface area contributed by atoms with Crippen molar-refractivity contribution in [2.45, 2.75) is 29.5 Å². The Hall–Kier alpha value is -1.83. The van der Waals surface area contributed by atoms with Gasteiger partial charge in [0.2, 0.25) is 0 Å². The minimum Gasteiger partial charge on any atom is -0.299 e. The third-order valence-electron chi connectivity index (χ3n) is 4.08. The molecule has 0 amide bonds. The Morgan fingerprint density at radius 1 is 1.26 bits per heavy atom. The average Bonchev–Trinajstić information content (AvgIpc) is 2.96. The van der Waals surface area contributed by atoms with Crippen molar-refractivity contribution in [1.82, 2.24) is 5.32 Å². The number of nitrogens with one attached hydrogen (secondary N) is 1. The summed E-state index contributed by atoms with van der Waals surface area (Å²) in [7, 11) is 0. The molecule has 2 aromatic carbocycles. The molecule has 0 aliphatic heterocycles. The van der Waals surface area contributed by atoms with Gasteiger partial charge in [0.25, 0.3) is 0 Å². The molecule has 3 rings (SSSR count). The molecule has 0 heterocycles. The summed E-state index contributed by atoms with van der Waals surface area (Å²) in [6.45, 7) is 0.558. The van der Waals surface area contributed by atoms with Crippen LogP contribution in [0.1, 0.15) is 29.2 Å². The monoisotopic (exact) mass is 329 g/mol. The number of hydrogen-bond donors (Lipinski definition) is 1. The molecule has 0 spiro atoms. The summed E-state index contributed by atoms with van der Waals surface area (Å²) in [6, 6.07) is 10.3. The maximum atomic E-state index is 13.7. The smallest absolute Gasteiger partial charge is 0.130 e. The van der Waals surface area contributed by atoms with Crippen LogP contribution in [0.25, 0.3) is 0 Å². The molecule has 23 heavy (non-hydrogen) atoms. The molecular weight excluding hydrogens is 312 g/mol. The van der Waals surface area contributed by atoms with Crippen LogP contribution in [0.2, 0.25) is 0 Å². The molecule has 1 N–H and O–H groups in total. The Morgan fingerprint density at radius 2 is 2.13 bits per heavy atom. The summed E-state index contributed by atoms with van der Waals surface area (Å²) in [5.41, 5.74) is 3.12. The van der Waals surface area contributed by atoms with Crippen LogP contribution in [0, 0.1) is 24.0 Å². The van der Waals surface area contributed by atoms with Crippen LogP contribution >= 0.6 is 11.8 Å². The summed E-state index contributed by atoms with van der Waals surface area (Å²) in [5, 5.41) is 3.36. The molecule has 1 atom stereocenters. The zero-order valence-electron chi connectivity index (χ0n) is 12.6. The first-order chi connectivity index (χ1) is 11.2. The second kappa shape index (κ2) is 7.16. The van der Waals surface area contributed by atoms with E-state index in [1.807, 2.05) is 6.07 Å². The molecule has 1 aliphatic carbocycles. The van der Waals surface area contributed by atoms with Crippen molar-refractivity contribution in [3.8, 4) is 12.3 Å². The third kappa shape index (κ3) is 3.57. The molecular formula is C19H17F2NS. The van der Waals surface area contributed by atoms with Gasteiger partial charge in [0.05, 0.1) is 6.54 Å². The maximum Gasteiger partial charge on any atom is 0.130 e. The van der Waals surface area contributed by atoms with Gasteiger partial charge in [-0.1, -0.05) is 24.1 Å². The van der Waals surface area contributed by atoms with Gasteiger partial charge in [0, 0.05) is 22.8 Å². The lowest BCUT2D eigenvalue weighted by Gasteiger charge is -2.13. The van der Waals surface area contributed by atoms with Crippen molar-refractivity contribution in [2.75, 3.05) is 6.54 Å². The van der Waals surface area contributed by atoms with E-state index in [1.165, 1.54) is 23.3 Å². The van der Waals surface area contributed by atoms with Crippen molar-refractivity contribution in [3.05, 3.63) is 64.7 Å². The van der Waals surface area contributed by atoms with Gasteiger partial charge >= 0.3 is 0 Å². The van der Waals surface area contributed by atoms with Gasteiger partial charge in [-0.3, -0.25) is 5.32 Å². The quantitative estimate of drug-likeness (QED) is 0.642. The number of fused-ring (bicyclic) bond motifs is 1. The molecule has 4 heteroatoms. The van der Waals surface area contributed by atoms with E-state index < -0.39 is 11.6 Å². The molecule has 0 saturated carbocycles. The van der Waals surface area contributed by atoms with Crippen LogP contribution in [0.5, 0.6) is 0 Å². The third-order valence-corrected chi connectivity index (χ3v) is 5.23. The van der Waals surface area contributed by atoms with Crippen LogP contribution in [0.4, 0.5) is 8.78 Å². The summed E-state index contributed by atoms with van der Waals surface area (Å²) in [4.78, 5) is 1.16. The van der Waals surface area contributed by atoms with E-state index in [4.69, 9.17) is 6.42 Å². The van der Waals surface area contributed by atoms with Crippen LogP contribution in [-0.4, -0.2) is 6.54 Å². The zero-order valence-corrected chi connectivity index (χ0v) is 13.4. The first kappa shape index (κ1) is 16.0. The second-order valence-electron chi connectivity index (χ2n) is 5.52. The fourth-order valence-electron chi connectivity index (χ4n) is 2.94. The number of rotatable bonds is 5. The SMILES string of the molecule is C#CCNC1CCc2c(SCc3ccc(F)cc3F)cccc21. The van der Waals surface area contributed by atoms with E-state index in [0.717, 1.165) is 23.8 Å². The topological polar surface area (TPSA) is 12.0 Å². The van der Waals surface area contributed by atoms with E-state index in [9.17, 15) is 8.78 Å². The zero-order chi connectivity index (χ0) is 16.2. The first-order valence-electron chi connectivity index (χ1n) is 7.54. The predicted octanol–water partition coefficient (Wildman–Crippen LogP) is 4.47. The Morgan fingerprint density at radius 3 is 2.91 bits per heavy atom. The number of terminal acetylenes is 1. The lowest BCUT2D eigenvalue weighted by molar-refractivity contribution is 0.568. The van der Waals surface area contributed by atoms with Crippen LogP contribution in [0.15, 0.2) is 41.3 Å². The van der Waals surface area contributed by atoms with Crippen molar-refractivity contribution in [1.29, 1.82) is 0 Å². The number of benzene rings is 2. The highest BCUT2D eigenvalue weighted by molar-refractivity contribution is 7.98. The molecule has 1 nitrogen and oxygen atoms in total. The lowest BCUT2D eigenvalue weighted by atomic mass is 10.1. The van der Waals surface area contributed by atoms with Gasteiger partial charge in [-0.15, -0.1) is 18.2 Å². The Balaban J connectivity index is 1.75. The van der Waals surface area contributed by atoms with Gasteiger partial charge in [-0.25, -0.2) is 8.78 Å². The molecule has 0 aromatic heterocycles. The van der Waals surface area contributed by atoms with Crippen LogP contribution in [0.3, 0.4) is 0 Å². The molecule has 0 fully saturated rings. The molecule has 0 radical (unpaired) electrons. The van der Waals surface area contributed by atoms with Crippen molar-refractivity contribution < 1.29 is 8.78 Å². The number of hydrogen-bond acceptors (Lipinski definition) is 2. The van der Waals surface area contributed by atoms with Gasteiger partial charge < -0.3 is 0 Å². The molecule has 1 unspecified atom stereocenters. The lowest BCUT2D eigenvalue weighted by Crippen LogP contribution is -2.19. The fourth-order valence-corrected chi connectivity index (χ4v) is 4.06. The molecule has 118 valence electrons. The predicted molar refractivity (Wildman–Crippen MR) is 90.3 cm³/mol. The Labute approximate surface area is 139 Å². The van der Waals surface area contributed by atoms with Gasteiger partial charge in [0.15, 0.2) is 0 Å². The van der Waals surface area contributed by atoms with E-state index >= 15 is 0 Å². The Kier molecular flexibility index (Phi) is 5.00. The van der Waals surface area contributed by atoms with Crippen molar-refractivity contribution >= 4 is 11.8 Å². The summed E-state index contributed by atoms with van der Waals surface area (Å²) in [6.07, 6.45) is 7.33. The summed E-state index contributed by atoms with van der Waals surface area (Å²) >= 11 is 1.59. The highest BCUT2D eigenvalue weighted by Gasteiger charge is 2.24. The molecule has 0 bridgehead atoms. The van der Waals surface area contributed by atoms with E-state index in [-0.39, 0.29) is 0 Å². The second-order valence-corrected chi connectivity index (χ2v) is 6.54. The molecule has 2 aromatic rings. The average molecular weight is 329 g/mol. The van der Waals surface area contributed by atoms with Crippen molar-refractivity contribution in [2.24, 2.45) is 0 Å². The van der Waals surface area contributed by atoms with Crippen molar-refractivity contribution in [3.63, 3.8) is 0 Å². The highest BCUT2D eigenvalue weighted by Crippen LogP contribution is 2.38. The largest absolute Gasteiger partial charge is 0.299 e. The van der Waals surface area contributed by atoms with E-state index in [1.54, 1.807) is 11.8 Å². The number of halogens is 2. The van der Waals surface area contributed by atoms with Crippen LogP contribution < -0.4 is 5.32 Å². The maximum absolute atomic E-state index is 13.7. The minimum atomic E-state index is -0.542. The first-order valence-corrected chi connectivity index (χ1v) is 8.53. The van der Waals surface area contributed by atoms with E-state index in [0.29, 0.717) is 23.9 Å². The molecule has 0 saturated heterocycles.